The maximum absolute atomic E-state index is 13.6. The highest BCUT2D eigenvalue weighted by molar-refractivity contribution is 6.01. The Morgan fingerprint density at radius 1 is 1.15 bits per heavy atom. The van der Waals surface area contributed by atoms with E-state index in [-0.39, 0.29) is 12.5 Å². The number of halogens is 2. The van der Waals surface area contributed by atoms with E-state index < -0.39 is 23.4 Å². The lowest BCUT2D eigenvalue weighted by molar-refractivity contribution is -0.122. The van der Waals surface area contributed by atoms with Gasteiger partial charge in [0.05, 0.1) is 0 Å². The number of methoxy groups -OCH3 is 1. The first-order valence-corrected chi connectivity index (χ1v) is 8.44. The Morgan fingerprint density at radius 2 is 1.89 bits per heavy atom. The lowest BCUT2D eigenvalue weighted by atomic mass is 10.0. The molecule has 8 heteroatoms. The van der Waals surface area contributed by atoms with E-state index >= 15 is 0 Å². The zero-order valence-corrected chi connectivity index (χ0v) is 14.7. The molecule has 1 heterocycles. The second-order valence-electron chi connectivity index (χ2n) is 6.10. The van der Waals surface area contributed by atoms with Crippen molar-refractivity contribution in [2.45, 2.75) is 12.8 Å². The monoisotopic (exact) mass is 375 g/mol. The molecule has 6 nitrogen and oxygen atoms in total. The van der Waals surface area contributed by atoms with Gasteiger partial charge in [-0.2, -0.15) is 0 Å². The van der Waals surface area contributed by atoms with E-state index in [4.69, 9.17) is 4.74 Å². The first kappa shape index (κ1) is 18.8. The smallest absolute Gasteiger partial charge is 0.323 e. The summed E-state index contributed by atoms with van der Waals surface area (Å²) in [6, 6.07) is 7.70. The molecule has 142 valence electrons. The van der Waals surface area contributed by atoms with Crippen molar-refractivity contribution in [2.75, 3.05) is 35.8 Å². The molecular formula is C19H19F2N3O3. The first-order valence-electron chi connectivity index (χ1n) is 8.44. The number of hydrogen-bond acceptors (Lipinski definition) is 3. The summed E-state index contributed by atoms with van der Waals surface area (Å²) in [4.78, 5) is 26.0. The molecule has 2 aromatic rings. The molecule has 0 unspecified atom stereocenters. The van der Waals surface area contributed by atoms with E-state index in [0.29, 0.717) is 17.9 Å². The summed E-state index contributed by atoms with van der Waals surface area (Å²) in [6.45, 7) is 0.523. The van der Waals surface area contributed by atoms with Crippen LogP contribution < -0.4 is 15.5 Å². The molecule has 0 fully saturated rings. The Morgan fingerprint density at radius 3 is 2.59 bits per heavy atom. The fourth-order valence-corrected chi connectivity index (χ4v) is 3.01. The number of nitrogens with one attached hydrogen (secondary N) is 2. The SMILES string of the molecule is COCC(=O)N1CCCc2ccc(NC(=O)Nc3c(F)cccc3F)cc21. The number of rotatable bonds is 4. The molecule has 3 rings (SSSR count). The summed E-state index contributed by atoms with van der Waals surface area (Å²) in [5, 5.41) is 4.69. The summed E-state index contributed by atoms with van der Waals surface area (Å²) < 4.78 is 32.2. The number of carbonyl (C=O) groups excluding carboxylic acids is 2. The Bertz CT molecular complexity index is 853. The highest BCUT2D eigenvalue weighted by Gasteiger charge is 2.23. The summed E-state index contributed by atoms with van der Waals surface area (Å²) in [6.07, 6.45) is 1.65. The fraction of sp³-hybridized carbons (Fsp3) is 0.263. The number of carbonyl (C=O) groups is 2. The zero-order valence-electron chi connectivity index (χ0n) is 14.7. The van der Waals surface area contributed by atoms with Gasteiger partial charge in [-0.3, -0.25) is 4.79 Å². The van der Waals surface area contributed by atoms with Crippen LogP contribution in [0.1, 0.15) is 12.0 Å². The number of benzene rings is 2. The molecule has 0 radical (unpaired) electrons. The van der Waals surface area contributed by atoms with Gasteiger partial charge in [0.1, 0.15) is 23.9 Å². The van der Waals surface area contributed by atoms with E-state index in [1.54, 1.807) is 17.0 Å². The van der Waals surface area contributed by atoms with E-state index in [9.17, 15) is 18.4 Å². The van der Waals surface area contributed by atoms with Crippen LogP contribution in [-0.2, 0) is 16.0 Å². The molecule has 0 aliphatic carbocycles. The van der Waals surface area contributed by atoms with Crippen LogP contribution in [0.15, 0.2) is 36.4 Å². The number of hydrogen-bond donors (Lipinski definition) is 2. The third kappa shape index (κ3) is 4.22. The van der Waals surface area contributed by atoms with E-state index in [0.717, 1.165) is 30.5 Å². The Kier molecular flexibility index (Phi) is 5.66. The second kappa shape index (κ2) is 8.13. The van der Waals surface area contributed by atoms with Gasteiger partial charge in [-0.05, 0) is 42.7 Å². The largest absolute Gasteiger partial charge is 0.375 e. The van der Waals surface area contributed by atoms with Gasteiger partial charge in [0.2, 0.25) is 0 Å². The normalized spacial score (nSPS) is 13.1. The molecule has 2 N–H and O–H groups in total. The zero-order chi connectivity index (χ0) is 19.4. The minimum atomic E-state index is -0.869. The van der Waals surface area contributed by atoms with Crippen LogP contribution in [0.2, 0.25) is 0 Å². The van der Waals surface area contributed by atoms with Gasteiger partial charge >= 0.3 is 6.03 Å². The Balaban J connectivity index is 1.77. The fourth-order valence-electron chi connectivity index (χ4n) is 3.01. The van der Waals surface area contributed by atoms with E-state index in [1.165, 1.54) is 13.2 Å². The number of nitrogens with zero attached hydrogens (tertiary/aromatic N) is 1. The lowest BCUT2D eigenvalue weighted by Gasteiger charge is -2.29. The predicted molar refractivity (Wildman–Crippen MR) is 98.0 cm³/mol. The van der Waals surface area contributed by atoms with Crippen molar-refractivity contribution in [2.24, 2.45) is 0 Å². The summed E-state index contributed by atoms with van der Waals surface area (Å²) in [7, 11) is 1.45. The number of fused-ring (bicyclic) bond motifs is 1. The Labute approximate surface area is 155 Å². The van der Waals surface area contributed by atoms with Crippen LogP contribution in [0.3, 0.4) is 0 Å². The highest BCUT2D eigenvalue weighted by Crippen LogP contribution is 2.30. The van der Waals surface area contributed by atoms with Crippen LogP contribution in [-0.4, -0.2) is 32.2 Å². The number of ether oxygens (including phenoxy) is 1. The lowest BCUT2D eigenvalue weighted by Crippen LogP contribution is -2.37. The number of amides is 3. The number of urea groups is 1. The standard InChI is InChI=1S/C19H19F2N3O3/c1-27-11-17(25)24-9-3-4-12-7-8-13(10-16(12)24)22-19(26)23-18-14(20)5-2-6-15(18)21/h2,5-8,10H,3-4,9,11H2,1H3,(H2,22,23,26). The van der Waals surface area contributed by atoms with Crippen LogP contribution in [0, 0.1) is 11.6 Å². The summed E-state index contributed by atoms with van der Waals surface area (Å²) in [5.74, 6) is -1.91. The third-order valence-corrected chi connectivity index (χ3v) is 4.23. The molecule has 0 atom stereocenters. The van der Waals surface area contributed by atoms with Gasteiger partial charge < -0.3 is 20.3 Å². The molecule has 2 aromatic carbocycles. The van der Waals surface area contributed by atoms with Crippen LogP contribution in [0.25, 0.3) is 0 Å². The van der Waals surface area contributed by atoms with Crippen LogP contribution in [0.4, 0.5) is 30.6 Å². The number of para-hydroxylation sites is 1. The van der Waals surface area contributed by atoms with Crippen molar-refractivity contribution in [1.29, 1.82) is 0 Å². The average molecular weight is 375 g/mol. The van der Waals surface area contributed by atoms with Gasteiger partial charge in [0.25, 0.3) is 5.91 Å². The van der Waals surface area contributed by atoms with E-state index in [2.05, 4.69) is 10.6 Å². The minimum absolute atomic E-state index is 0.0376. The molecule has 3 amide bonds. The molecule has 0 aromatic heterocycles. The van der Waals surface area contributed by atoms with Crippen molar-refractivity contribution in [3.8, 4) is 0 Å². The molecule has 1 aliphatic heterocycles. The summed E-state index contributed by atoms with van der Waals surface area (Å²) >= 11 is 0. The molecular weight excluding hydrogens is 356 g/mol. The number of aryl methyl sites for hydroxylation is 1. The van der Waals surface area contributed by atoms with Gasteiger partial charge in [-0.1, -0.05) is 12.1 Å². The third-order valence-electron chi connectivity index (χ3n) is 4.23. The topological polar surface area (TPSA) is 70.7 Å². The number of anilines is 3. The van der Waals surface area contributed by atoms with Gasteiger partial charge in [-0.25, -0.2) is 13.6 Å². The van der Waals surface area contributed by atoms with Gasteiger partial charge in [0.15, 0.2) is 0 Å². The van der Waals surface area contributed by atoms with Gasteiger partial charge in [-0.15, -0.1) is 0 Å². The summed E-state index contributed by atoms with van der Waals surface area (Å²) in [5.41, 5.74) is 1.56. The Hall–Kier alpha value is -3.00. The van der Waals surface area contributed by atoms with E-state index in [1.807, 2.05) is 6.07 Å². The molecule has 0 bridgehead atoms. The second-order valence-corrected chi connectivity index (χ2v) is 6.10. The molecule has 27 heavy (non-hydrogen) atoms. The first-order chi connectivity index (χ1) is 13.0. The van der Waals surface area contributed by atoms with Crippen molar-refractivity contribution in [3.05, 3.63) is 53.6 Å². The average Bonchev–Trinajstić information content (AvgIpc) is 2.64. The van der Waals surface area contributed by atoms with Crippen LogP contribution in [0.5, 0.6) is 0 Å². The van der Waals surface area contributed by atoms with Crippen molar-refractivity contribution < 1.29 is 23.1 Å². The quantitative estimate of drug-likeness (QED) is 0.859. The van der Waals surface area contributed by atoms with Gasteiger partial charge in [0, 0.05) is 25.0 Å². The van der Waals surface area contributed by atoms with Crippen molar-refractivity contribution >= 4 is 29.0 Å². The molecule has 0 saturated carbocycles. The minimum Gasteiger partial charge on any atom is -0.375 e. The maximum atomic E-state index is 13.6. The molecule has 0 saturated heterocycles. The molecule has 1 aliphatic rings. The van der Waals surface area contributed by atoms with Crippen molar-refractivity contribution in [1.82, 2.24) is 0 Å². The van der Waals surface area contributed by atoms with Crippen molar-refractivity contribution in [3.63, 3.8) is 0 Å². The van der Waals surface area contributed by atoms with Crippen LogP contribution >= 0.6 is 0 Å². The highest BCUT2D eigenvalue weighted by atomic mass is 19.1. The molecule has 0 spiro atoms. The predicted octanol–water partition coefficient (Wildman–Crippen LogP) is 3.53. The maximum Gasteiger partial charge on any atom is 0.323 e.